The Morgan fingerprint density at radius 2 is 1.83 bits per heavy atom. The molecular formula is C16H18N2O4S. The molecule has 0 bridgehead atoms. The third kappa shape index (κ3) is 3.19. The quantitative estimate of drug-likeness (QED) is 0.673. The summed E-state index contributed by atoms with van der Waals surface area (Å²) in [7, 11) is 2.87. The highest BCUT2D eigenvalue weighted by molar-refractivity contribution is 7.80. The van der Waals surface area contributed by atoms with E-state index >= 15 is 0 Å². The first kappa shape index (κ1) is 17.0. The van der Waals surface area contributed by atoms with E-state index in [4.69, 9.17) is 21.7 Å². The first-order chi connectivity index (χ1) is 10.9. The van der Waals surface area contributed by atoms with Crippen molar-refractivity contribution in [3.05, 3.63) is 41.1 Å². The van der Waals surface area contributed by atoms with Gasteiger partial charge in [0, 0.05) is 12.6 Å². The van der Waals surface area contributed by atoms with Gasteiger partial charge in [-0.3, -0.25) is 9.69 Å². The summed E-state index contributed by atoms with van der Waals surface area (Å²) in [5.74, 6) is -0.0956. The van der Waals surface area contributed by atoms with Crippen LogP contribution in [0, 0.1) is 0 Å². The van der Waals surface area contributed by atoms with Gasteiger partial charge in [0.15, 0.2) is 5.11 Å². The van der Waals surface area contributed by atoms with E-state index in [1.807, 2.05) is 0 Å². The van der Waals surface area contributed by atoms with Crippen LogP contribution in [0.25, 0.3) is 0 Å². The first-order valence-corrected chi connectivity index (χ1v) is 7.35. The molecule has 1 heterocycles. The Balaban J connectivity index is 2.61. The number of amides is 1. The summed E-state index contributed by atoms with van der Waals surface area (Å²) < 4.78 is 10.0. The van der Waals surface area contributed by atoms with Gasteiger partial charge in [0.2, 0.25) is 5.91 Å². The average Bonchev–Trinajstić information content (AvgIpc) is 2.53. The summed E-state index contributed by atoms with van der Waals surface area (Å²) in [5, 5.41) is 3.14. The maximum atomic E-state index is 12.2. The van der Waals surface area contributed by atoms with Gasteiger partial charge in [0.25, 0.3) is 0 Å². The molecule has 0 unspecified atom stereocenters. The molecule has 7 heteroatoms. The molecule has 1 atom stereocenters. The van der Waals surface area contributed by atoms with Gasteiger partial charge in [-0.05, 0) is 36.8 Å². The Labute approximate surface area is 140 Å². The van der Waals surface area contributed by atoms with Gasteiger partial charge >= 0.3 is 5.97 Å². The lowest BCUT2D eigenvalue weighted by molar-refractivity contribution is -0.137. The van der Waals surface area contributed by atoms with E-state index in [2.05, 4.69) is 5.32 Å². The van der Waals surface area contributed by atoms with Crippen LogP contribution in [-0.2, 0) is 14.3 Å². The number of thiocarbonyl (C=S) groups is 1. The van der Waals surface area contributed by atoms with E-state index in [0.717, 1.165) is 5.56 Å². The van der Waals surface area contributed by atoms with E-state index in [0.29, 0.717) is 17.0 Å². The summed E-state index contributed by atoms with van der Waals surface area (Å²) in [5.41, 5.74) is 1.66. The van der Waals surface area contributed by atoms with E-state index in [-0.39, 0.29) is 11.0 Å². The molecule has 6 nitrogen and oxygen atoms in total. The van der Waals surface area contributed by atoms with Crippen LogP contribution in [-0.4, -0.2) is 36.1 Å². The zero-order chi connectivity index (χ0) is 17.1. The van der Waals surface area contributed by atoms with Crippen molar-refractivity contribution in [2.45, 2.75) is 19.9 Å². The van der Waals surface area contributed by atoms with Crippen LogP contribution >= 0.6 is 12.2 Å². The Bertz CT molecular complexity index is 682. The van der Waals surface area contributed by atoms with Gasteiger partial charge in [-0.15, -0.1) is 0 Å². The van der Waals surface area contributed by atoms with Crippen LogP contribution in [0.15, 0.2) is 35.5 Å². The van der Waals surface area contributed by atoms with Crippen molar-refractivity contribution < 1.29 is 19.1 Å². The van der Waals surface area contributed by atoms with Crippen molar-refractivity contribution in [3.8, 4) is 5.75 Å². The molecule has 0 radical (unpaired) electrons. The molecule has 1 N–H and O–H groups in total. The molecule has 0 saturated heterocycles. The van der Waals surface area contributed by atoms with Crippen molar-refractivity contribution in [3.63, 3.8) is 0 Å². The highest BCUT2D eigenvalue weighted by Crippen LogP contribution is 2.35. The lowest BCUT2D eigenvalue weighted by Crippen LogP contribution is -2.50. The molecule has 1 aromatic carbocycles. The van der Waals surface area contributed by atoms with Gasteiger partial charge in [-0.25, -0.2) is 4.79 Å². The fourth-order valence-corrected chi connectivity index (χ4v) is 2.93. The number of esters is 1. The van der Waals surface area contributed by atoms with Crippen LogP contribution in [0.1, 0.15) is 25.5 Å². The highest BCUT2D eigenvalue weighted by Gasteiger charge is 2.38. The monoisotopic (exact) mass is 334 g/mol. The number of allylic oxidation sites excluding steroid dienone is 1. The summed E-state index contributed by atoms with van der Waals surface area (Å²) in [6.07, 6.45) is 0. The molecule has 122 valence electrons. The molecule has 0 saturated carbocycles. The summed E-state index contributed by atoms with van der Waals surface area (Å²) in [6.45, 7) is 3.13. The Morgan fingerprint density at radius 1 is 1.22 bits per heavy atom. The second-order valence-electron chi connectivity index (χ2n) is 5.03. The Hall–Kier alpha value is -2.41. The van der Waals surface area contributed by atoms with E-state index in [1.54, 1.807) is 38.3 Å². The SMILES string of the molecule is COC(=O)C1=C(C)NC(=S)N(C(C)=O)[C@@H]1c1ccc(OC)cc1. The molecule has 1 aliphatic heterocycles. The maximum absolute atomic E-state index is 12.2. The molecule has 1 aliphatic rings. The number of carbonyl (C=O) groups is 2. The Kier molecular flexibility index (Phi) is 5.00. The number of hydrogen-bond donors (Lipinski definition) is 1. The summed E-state index contributed by atoms with van der Waals surface area (Å²) in [4.78, 5) is 25.7. The van der Waals surface area contributed by atoms with Crippen molar-refractivity contribution >= 4 is 29.2 Å². The predicted molar refractivity (Wildman–Crippen MR) is 88.7 cm³/mol. The lowest BCUT2D eigenvalue weighted by Gasteiger charge is -2.37. The summed E-state index contributed by atoms with van der Waals surface area (Å²) in [6, 6.07) is 6.48. The number of carbonyl (C=O) groups excluding carboxylic acids is 2. The standard InChI is InChI=1S/C16H18N2O4S/c1-9-13(15(20)22-4)14(18(10(2)19)16(23)17-9)11-5-7-12(21-3)8-6-11/h5-8,14H,1-4H3,(H,17,23)/t14-/m1/s1. The third-order valence-corrected chi connectivity index (χ3v) is 3.92. The van der Waals surface area contributed by atoms with Crippen molar-refractivity contribution in [2.24, 2.45) is 0 Å². The fraction of sp³-hybridized carbons (Fsp3) is 0.312. The van der Waals surface area contributed by atoms with Crippen molar-refractivity contribution in [1.29, 1.82) is 0 Å². The molecule has 1 amide bonds. The van der Waals surface area contributed by atoms with Crippen LogP contribution in [0.5, 0.6) is 5.75 Å². The number of nitrogens with zero attached hydrogens (tertiary/aromatic N) is 1. The molecule has 2 rings (SSSR count). The maximum Gasteiger partial charge on any atom is 0.337 e. The number of rotatable bonds is 3. The molecule has 1 aromatic rings. The highest BCUT2D eigenvalue weighted by atomic mass is 32.1. The zero-order valence-corrected chi connectivity index (χ0v) is 14.2. The van der Waals surface area contributed by atoms with Gasteiger partial charge in [-0.2, -0.15) is 0 Å². The number of hydrogen-bond acceptors (Lipinski definition) is 5. The van der Waals surface area contributed by atoms with Crippen LogP contribution < -0.4 is 10.1 Å². The minimum absolute atomic E-state index is 0.253. The van der Waals surface area contributed by atoms with Crippen LogP contribution in [0.2, 0.25) is 0 Å². The van der Waals surface area contributed by atoms with Crippen molar-refractivity contribution in [2.75, 3.05) is 14.2 Å². The van der Waals surface area contributed by atoms with Crippen LogP contribution in [0.3, 0.4) is 0 Å². The summed E-state index contributed by atoms with van der Waals surface area (Å²) >= 11 is 5.26. The second-order valence-corrected chi connectivity index (χ2v) is 5.41. The minimum Gasteiger partial charge on any atom is -0.497 e. The number of methoxy groups -OCH3 is 2. The normalized spacial score (nSPS) is 17.7. The van der Waals surface area contributed by atoms with Gasteiger partial charge < -0.3 is 14.8 Å². The third-order valence-electron chi connectivity index (χ3n) is 3.62. The number of ether oxygens (including phenoxy) is 2. The molecule has 0 aliphatic carbocycles. The molecular weight excluding hydrogens is 316 g/mol. The fourth-order valence-electron chi connectivity index (χ4n) is 2.54. The Morgan fingerprint density at radius 3 is 2.30 bits per heavy atom. The second kappa shape index (κ2) is 6.78. The minimum atomic E-state index is -0.639. The largest absolute Gasteiger partial charge is 0.497 e. The van der Waals surface area contributed by atoms with E-state index in [9.17, 15) is 9.59 Å². The molecule has 23 heavy (non-hydrogen) atoms. The van der Waals surface area contributed by atoms with Crippen molar-refractivity contribution in [1.82, 2.24) is 10.2 Å². The number of nitrogens with one attached hydrogen (secondary N) is 1. The van der Waals surface area contributed by atoms with Gasteiger partial charge in [0.05, 0.1) is 25.8 Å². The smallest absolute Gasteiger partial charge is 0.337 e. The predicted octanol–water partition coefficient (Wildman–Crippen LogP) is 1.92. The average molecular weight is 334 g/mol. The van der Waals surface area contributed by atoms with Gasteiger partial charge in [0.1, 0.15) is 5.75 Å². The van der Waals surface area contributed by atoms with Crippen LogP contribution in [0.4, 0.5) is 0 Å². The topological polar surface area (TPSA) is 67.9 Å². The molecule has 0 aromatic heterocycles. The van der Waals surface area contributed by atoms with Gasteiger partial charge in [-0.1, -0.05) is 12.1 Å². The molecule has 0 spiro atoms. The zero-order valence-electron chi connectivity index (χ0n) is 13.4. The lowest BCUT2D eigenvalue weighted by atomic mass is 9.94. The first-order valence-electron chi connectivity index (χ1n) is 6.94. The van der Waals surface area contributed by atoms with E-state index in [1.165, 1.54) is 18.9 Å². The molecule has 0 fully saturated rings. The number of benzene rings is 1. The van der Waals surface area contributed by atoms with E-state index < -0.39 is 12.0 Å².